The van der Waals surface area contributed by atoms with Crippen LogP contribution in [-0.2, 0) is 34.5 Å². The van der Waals surface area contributed by atoms with Gasteiger partial charge < -0.3 is 14.6 Å². The van der Waals surface area contributed by atoms with Crippen LogP contribution >= 0.6 is 11.3 Å². The third-order valence-electron chi connectivity index (χ3n) is 6.46. The largest absolute Gasteiger partial charge is 0.416 e. The molecule has 3 atom stereocenters. The third-order valence-corrected chi connectivity index (χ3v) is 7.59. The molecule has 3 nitrogen and oxygen atoms in total. The van der Waals surface area contributed by atoms with Crippen LogP contribution in [0.2, 0.25) is 0 Å². The molecule has 5 rings (SSSR count). The van der Waals surface area contributed by atoms with Gasteiger partial charge in [0.05, 0.1) is 24.4 Å². The van der Waals surface area contributed by atoms with Crippen molar-refractivity contribution in [3.63, 3.8) is 0 Å². The predicted molar refractivity (Wildman–Crippen MR) is 121 cm³/mol. The van der Waals surface area contributed by atoms with E-state index in [1.807, 2.05) is 19.1 Å². The number of hydrogen-bond acceptors (Lipinski definition) is 4. The van der Waals surface area contributed by atoms with Gasteiger partial charge in [0.2, 0.25) is 0 Å². The summed E-state index contributed by atoms with van der Waals surface area (Å²) in [5.41, 5.74) is 4.52. The Balaban J connectivity index is 1.40. The summed E-state index contributed by atoms with van der Waals surface area (Å²) in [5.74, 6) is -0.893. The second-order valence-corrected chi connectivity index (χ2v) is 10.2. The Hall–Kier alpha value is -2.19. The van der Waals surface area contributed by atoms with Crippen LogP contribution in [0.3, 0.4) is 0 Å². The van der Waals surface area contributed by atoms with Crippen LogP contribution in [0, 0.1) is 6.92 Å². The molecule has 2 aliphatic heterocycles. The number of thiophene rings is 1. The van der Waals surface area contributed by atoms with Gasteiger partial charge in [-0.25, -0.2) is 0 Å². The lowest BCUT2D eigenvalue weighted by Gasteiger charge is -2.39. The van der Waals surface area contributed by atoms with Crippen molar-refractivity contribution < 1.29 is 27.8 Å². The highest BCUT2D eigenvalue weighted by atomic mass is 32.1. The highest BCUT2D eigenvalue weighted by molar-refractivity contribution is 7.15. The van der Waals surface area contributed by atoms with Crippen molar-refractivity contribution in [2.24, 2.45) is 0 Å². The van der Waals surface area contributed by atoms with E-state index in [2.05, 4.69) is 19.1 Å². The minimum atomic E-state index is -4.33. The average molecular weight is 475 g/mol. The smallest absolute Gasteiger partial charge is 0.393 e. The summed E-state index contributed by atoms with van der Waals surface area (Å²) in [6.45, 7) is 4.49. The van der Waals surface area contributed by atoms with E-state index in [0.29, 0.717) is 25.9 Å². The topological polar surface area (TPSA) is 38.7 Å². The van der Waals surface area contributed by atoms with E-state index >= 15 is 0 Å². The molecule has 1 fully saturated rings. The van der Waals surface area contributed by atoms with Crippen molar-refractivity contribution in [2.45, 2.75) is 63.9 Å². The van der Waals surface area contributed by atoms with Gasteiger partial charge in [-0.15, -0.1) is 11.3 Å². The molecule has 1 N–H and O–H groups in total. The first-order chi connectivity index (χ1) is 15.6. The monoisotopic (exact) mass is 474 g/mol. The van der Waals surface area contributed by atoms with Crippen LogP contribution in [0.1, 0.15) is 52.5 Å². The summed E-state index contributed by atoms with van der Waals surface area (Å²) in [7, 11) is 0. The fourth-order valence-corrected chi connectivity index (χ4v) is 5.89. The summed E-state index contributed by atoms with van der Waals surface area (Å²) in [4.78, 5) is 2.06. The zero-order chi connectivity index (χ0) is 23.4. The van der Waals surface area contributed by atoms with Gasteiger partial charge in [-0.2, -0.15) is 13.2 Å². The third kappa shape index (κ3) is 4.35. The Morgan fingerprint density at radius 2 is 1.88 bits per heavy atom. The van der Waals surface area contributed by atoms with Gasteiger partial charge in [-0.1, -0.05) is 18.2 Å². The molecule has 1 spiro atoms. The second-order valence-electron chi connectivity index (χ2n) is 9.02. The molecule has 0 saturated carbocycles. The zero-order valence-corrected chi connectivity index (χ0v) is 19.2. The molecule has 0 aliphatic carbocycles. The lowest BCUT2D eigenvalue weighted by atomic mass is 9.89. The van der Waals surface area contributed by atoms with Crippen molar-refractivity contribution >= 4 is 11.3 Å². The quantitative estimate of drug-likeness (QED) is 0.466. The molecular weight excluding hydrogens is 449 g/mol. The van der Waals surface area contributed by atoms with Crippen molar-refractivity contribution in [3.8, 4) is 10.4 Å². The fraction of sp³-hybridized carbons (Fsp3) is 0.385. The summed E-state index contributed by atoms with van der Waals surface area (Å²) >= 11 is 1.58. The standard InChI is InChI=1S/C26H25F3O3S/c1-15-9-19-14-31-25(13-21(30)10-16(2)32-25)23(19)12-18(15)11-22-7-8-24(33-22)17-3-5-20(6-4-17)26(27,28)29/h3-9,12,16,21,30H,10-11,13-14H2,1-2H3/t16?,21?,25-/m1/s1. The van der Waals surface area contributed by atoms with Crippen molar-refractivity contribution in [1.29, 1.82) is 0 Å². The SMILES string of the molecule is Cc1cc2c(cc1Cc1ccc(-c3ccc(C(F)(F)F)cc3)s1)[C@]1(CC(O)CC(C)O1)OC2. The number of alkyl halides is 3. The van der Waals surface area contributed by atoms with E-state index in [1.54, 1.807) is 11.3 Å². The lowest BCUT2D eigenvalue weighted by molar-refractivity contribution is -0.295. The molecule has 1 saturated heterocycles. The summed E-state index contributed by atoms with van der Waals surface area (Å²) in [6, 6.07) is 13.5. The molecule has 174 valence electrons. The van der Waals surface area contributed by atoms with E-state index in [9.17, 15) is 18.3 Å². The Bertz CT molecular complexity index is 1160. The van der Waals surface area contributed by atoms with Gasteiger partial charge >= 0.3 is 6.18 Å². The zero-order valence-electron chi connectivity index (χ0n) is 18.4. The molecule has 3 aromatic rings. The Kier molecular flexibility index (Phi) is 5.64. The van der Waals surface area contributed by atoms with Crippen LogP contribution in [0.4, 0.5) is 13.2 Å². The highest BCUT2D eigenvalue weighted by Gasteiger charge is 2.47. The van der Waals surface area contributed by atoms with E-state index in [4.69, 9.17) is 9.47 Å². The summed E-state index contributed by atoms with van der Waals surface area (Å²) < 4.78 is 50.8. The molecule has 1 aromatic heterocycles. The Morgan fingerprint density at radius 3 is 2.58 bits per heavy atom. The van der Waals surface area contributed by atoms with E-state index < -0.39 is 23.6 Å². The first kappa shape index (κ1) is 22.6. The number of hydrogen-bond donors (Lipinski definition) is 1. The highest BCUT2D eigenvalue weighted by Crippen LogP contribution is 2.46. The number of aliphatic hydroxyl groups is 1. The number of aryl methyl sites for hydroxylation is 1. The van der Waals surface area contributed by atoms with E-state index in [0.717, 1.165) is 49.7 Å². The Labute approximate surface area is 194 Å². The van der Waals surface area contributed by atoms with Crippen LogP contribution in [0.25, 0.3) is 10.4 Å². The maximum Gasteiger partial charge on any atom is 0.416 e. The first-order valence-corrected chi connectivity index (χ1v) is 11.8. The second kappa shape index (κ2) is 8.24. The number of benzene rings is 2. The molecular formula is C26H25F3O3S. The van der Waals surface area contributed by atoms with Gasteiger partial charge in [-0.3, -0.25) is 0 Å². The normalized spacial score (nSPS) is 24.9. The number of aliphatic hydroxyl groups excluding tert-OH is 1. The van der Waals surface area contributed by atoms with Crippen LogP contribution in [0.5, 0.6) is 0 Å². The Morgan fingerprint density at radius 1 is 1.12 bits per heavy atom. The van der Waals surface area contributed by atoms with Crippen molar-refractivity contribution in [2.75, 3.05) is 0 Å². The molecule has 2 aliphatic rings. The molecule has 2 unspecified atom stereocenters. The van der Waals surface area contributed by atoms with E-state index in [1.165, 1.54) is 12.1 Å². The molecule has 0 amide bonds. The van der Waals surface area contributed by atoms with Gasteiger partial charge in [0.1, 0.15) is 0 Å². The number of fused-ring (bicyclic) bond motifs is 2. The van der Waals surface area contributed by atoms with Crippen molar-refractivity contribution in [1.82, 2.24) is 0 Å². The number of rotatable bonds is 3. The summed E-state index contributed by atoms with van der Waals surface area (Å²) in [5, 5.41) is 10.3. The summed E-state index contributed by atoms with van der Waals surface area (Å²) in [6.07, 6.45) is -3.16. The lowest BCUT2D eigenvalue weighted by Crippen LogP contribution is -2.43. The number of ether oxygens (including phenoxy) is 2. The van der Waals surface area contributed by atoms with Gasteiger partial charge in [0, 0.05) is 28.2 Å². The van der Waals surface area contributed by atoms with Gasteiger partial charge in [-0.05, 0) is 72.9 Å². The molecule has 2 aromatic carbocycles. The minimum absolute atomic E-state index is 0.0898. The van der Waals surface area contributed by atoms with Crippen LogP contribution in [0.15, 0.2) is 48.5 Å². The predicted octanol–water partition coefficient (Wildman–Crippen LogP) is 6.58. The average Bonchev–Trinajstić information content (AvgIpc) is 3.33. The van der Waals surface area contributed by atoms with Gasteiger partial charge in [0.15, 0.2) is 5.79 Å². The fourth-order valence-electron chi connectivity index (χ4n) is 4.85. The molecule has 33 heavy (non-hydrogen) atoms. The van der Waals surface area contributed by atoms with Crippen LogP contribution in [-0.4, -0.2) is 17.3 Å². The molecule has 0 radical (unpaired) electrons. The maximum atomic E-state index is 12.8. The molecule has 7 heteroatoms. The molecule has 0 bridgehead atoms. The van der Waals surface area contributed by atoms with Crippen LogP contribution < -0.4 is 0 Å². The first-order valence-electron chi connectivity index (χ1n) is 11.0. The minimum Gasteiger partial charge on any atom is -0.393 e. The number of halogens is 3. The maximum absolute atomic E-state index is 12.8. The molecule has 3 heterocycles. The van der Waals surface area contributed by atoms with E-state index in [-0.39, 0.29) is 6.10 Å². The van der Waals surface area contributed by atoms with Gasteiger partial charge in [0.25, 0.3) is 0 Å². The van der Waals surface area contributed by atoms with Crippen molar-refractivity contribution in [3.05, 3.63) is 81.2 Å².